The second-order valence-corrected chi connectivity index (χ2v) is 6.56. The molecule has 0 aromatic heterocycles. The van der Waals surface area contributed by atoms with Crippen molar-refractivity contribution in [2.24, 2.45) is 5.73 Å². The normalized spacial score (nSPS) is 18.4. The summed E-state index contributed by atoms with van der Waals surface area (Å²) < 4.78 is 5.38. The Morgan fingerprint density at radius 2 is 2.04 bits per heavy atom. The summed E-state index contributed by atoms with van der Waals surface area (Å²) in [5, 5.41) is 2.96. The highest BCUT2D eigenvalue weighted by Gasteiger charge is 2.26. The first kappa shape index (κ1) is 17.9. The molecule has 0 aliphatic carbocycles. The molecule has 2 rings (SSSR count). The Kier molecular flexibility index (Phi) is 6.57. The first-order chi connectivity index (χ1) is 11.0. The molecule has 5 heteroatoms. The number of hydrogen-bond donors (Lipinski definition) is 2. The van der Waals surface area contributed by atoms with Crippen LogP contribution in [0.25, 0.3) is 0 Å². The molecule has 1 atom stereocenters. The highest BCUT2D eigenvalue weighted by molar-refractivity contribution is 5.85. The van der Waals surface area contributed by atoms with Crippen molar-refractivity contribution in [2.45, 2.75) is 45.3 Å². The van der Waals surface area contributed by atoms with Gasteiger partial charge in [-0.05, 0) is 24.5 Å². The lowest BCUT2D eigenvalue weighted by atomic mass is 9.96. The van der Waals surface area contributed by atoms with E-state index in [1.807, 2.05) is 19.1 Å². The average molecular weight is 319 g/mol. The SMILES string of the molecule is CCCC(C)(N)C(=O)NCc1cccc(CN2CCOCC2)c1. The van der Waals surface area contributed by atoms with Crippen molar-refractivity contribution in [1.82, 2.24) is 10.2 Å². The number of morpholine rings is 1. The zero-order valence-corrected chi connectivity index (χ0v) is 14.3. The minimum absolute atomic E-state index is 0.0852. The molecule has 1 saturated heterocycles. The van der Waals surface area contributed by atoms with Gasteiger partial charge in [-0.15, -0.1) is 0 Å². The number of benzene rings is 1. The van der Waals surface area contributed by atoms with Gasteiger partial charge < -0.3 is 15.8 Å². The number of nitrogens with one attached hydrogen (secondary N) is 1. The van der Waals surface area contributed by atoms with Gasteiger partial charge >= 0.3 is 0 Å². The Hall–Kier alpha value is -1.43. The first-order valence-corrected chi connectivity index (χ1v) is 8.46. The van der Waals surface area contributed by atoms with Crippen LogP contribution in [0.5, 0.6) is 0 Å². The van der Waals surface area contributed by atoms with Crippen LogP contribution in [0.3, 0.4) is 0 Å². The van der Waals surface area contributed by atoms with E-state index in [1.165, 1.54) is 5.56 Å². The number of nitrogens with two attached hydrogens (primary N) is 1. The lowest BCUT2D eigenvalue weighted by molar-refractivity contribution is -0.126. The summed E-state index contributed by atoms with van der Waals surface area (Å²) in [7, 11) is 0. The first-order valence-electron chi connectivity index (χ1n) is 8.46. The van der Waals surface area contributed by atoms with Crippen molar-refractivity contribution in [3.8, 4) is 0 Å². The molecule has 1 aliphatic heterocycles. The summed E-state index contributed by atoms with van der Waals surface area (Å²) >= 11 is 0. The fourth-order valence-electron chi connectivity index (χ4n) is 2.87. The number of amides is 1. The average Bonchev–Trinajstić information content (AvgIpc) is 2.54. The molecule has 5 nitrogen and oxygen atoms in total. The fourth-order valence-corrected chi connectivity index (χ4v) is 2.87. The zero-order chi connectivity index (χ0) is 16.7. The Morgan fingerprint density at radius 3 is 2.74 bits per heavy atom. The lowest BCUT2D eigenvalue weighted by Crippen LogP contribution is -2.51. The third kappa shape index (κ3) is 5.61. The van der Waals surface area contributed by atoms with Crippen molar-refractivity contribution >= 4 is 5.91 Å². The quantitative estimate of drug-likeness (QED) is 0.802. The largest absolute Gasteiger partial charge is 0.379 e. The number of ether oxygens (including phenoxy) is 1. The maximum Gasteiger partial charge on any atom is 0.240 e. The summed E-state index contributed by atoms with van der Waals surface area (Å²) in [6.07, 6.45) is 1.59. The second kappa shape index (κ2) is 8.43. The van der Waals surface area contributed by atoms with Crippen LogP contribution >= 0.6 is 0 Å². The van der Waals surface area contributed by atoms with Crippen molar-refractivity contribution in [1.29, 1.82) is 0 Å². The maximum atomic E-state index is 12.2. The molecule has 1 unspecified atom stereocenters. The lowest BCUT2D eigenvalue weighted by Gasteiger charge is -2.26. The van der Waals surface area contributed by atoms with Crippen LogP contribution in [0.1, 0.15) is 37.8 Å². The van der Waals surface area contributed by atoms with Crippen LogP contribution in [0.15, 0.2) is 24.3 Å². The molecule has 23 heavy (non-hydrogen) atoms. The van der Waals surface area contributed by atoms with Gasteiger partial charge in [0.25, 0.3) is 0 Å². The number of hydrogen-bond acceptors (Lipinski definition) is 4. The van der Waals surface area contributed by atoms with Crippen LogP contribution in [-0.4, -0.2) is 42.6 Å². The van der Waals surface area contributed by atoms with Crippen LogP contribution in [0.4, 0.5) is 0 Å². The molecule has 1 amide bonds. The highest BCUT2D eigenvalue weighted by atomic mass is 16.5. The zero-order valence-electron chi connectivity index (χ0n) is 14.3. The third-order valence-electron chi connectivity index (χ3n) is 4.24. The molecule has 0 spiro atoms. The smallest absolute Gasteiger partial charge is 0.240 e. The fraction of sp³-hybridized carbons (Fsp3) is 0.611. The van der Waals surface area contributed by atoms with E-state index >= 15 is 0 Å². The van der Waals surface area contributed by atoms with Crippen LogP contribution < -0.4 is 11.1 Å². The van der Waals surface area contributed by atoms with E-state index in [0.717, 1.165) is 44.8 Å². The monoisotopic (exact) mass is 319 g/mol. The number of carbonyl (C=O) groups is 1. The summed E-state index contributed by atoms with van der Waals surface area (Å²) in [4.78, 5) is 14.6. The minimum atomic E-state index is -0.792. The van der Waals surface area contributed by atoms with E-state index < -0.39 is 5.54 Å². The van der Waals surface area contributed by atoms with E-state index in [9.17, 15) is 4.79 Å². The topological polar surface area (TPSA) is 67.6 Å². The van der Waals surface area contributed by atoms with Gasteiger partial charge in [0.2, 0.25) is 5.91 Å². The number of nitrogens with zero attached hydrogens (tertiary/aromatic N) is 1. The molecule has 0 radical (unpaired) electrons. The van der Waals surface area contributed by atoms with Crippen molar-refractivity contribution in [2.75, 3.05) is 26.3 Å². The second-order valence-electron chi connectivity index (χ2n) is 6.56. The number of carbonyl (C=O) groups excluding carboxylic acids is 1. The van der Waals surface area contributed by atoms with Gasteiger partial charge in [0.05, 0.1) is 18.8 Å². The molecule has 1 fully saturated rings. The maximum absolute atomic E-state index is 12.2. The molecule has 128 valence electrons. The highest BCUT2D eigenvalue weighted by Crippen LogP contribution is 2.12. The summed E-state index contributed by atoms with van der Waals surface area (Å²) in [6, 6.07) is 8.37. The Morgan fingerprint density at radius 1 is 1.35 bits per heavy atom. The molecular formula is C18H29N3O2. The minimum Gasteiger partial charge on any atom is -0.379 e. The molecule has 3 N–H and O–H groups in total. The molecule has 0 saturated carbocycles. The predicted octanol–water partition coefficient (Wildman–Crippen LogP) is 1.65. The van der Waals surface area contributed by atoms with E-state index in [4.69, 9.17) is 10.5 Å². The Bertz CT molecular complexity index is 511. The van der Waals surface area contributed by atoms with E-state index in [0.29, 0.717) is 13.0 Å². The van der Waals surface area contributed by atoms with Gasteiger partial charge in [-0.1, -0.05) is 37.6 Å². The van der Waals surface area contributed by atoms with Crippen LogP contribution in [0.2, 0.25) is 0 Å². The van der Waals surface area contributed by atoms with Gasteiger partial charge in [-0.3, -0.25) is 9.69 Å². The molecule has 1 aromatic carbocycles. The molecule has 1 aliphatic rings. The molecule has 1 aromatic rings. The summed E-state index contributed by atoms with van der Waals surface area (Å²) in [5.41, 5.74) is 7.64. The molecule has 1 heterocycles. The van der Waals surface area contributed by atoms with Crippen molar-refractivity contribution < 1.29 is 9.53 Å². The Balaban J connectivity index is 1.88. The van der Waals surface area contributed by atoms with E-state index in [1.54, 1.807) is 6.92 Å². The van der Waals surface area contributed by atoms with Gasteiger partial charge in [0, 0.05) is 26.2 Å². The standard InChI is InChI=1S/C18H29N3O2/c1-3-7-18(2,19)17(22)20-13-15-5-4-6-16(12-15)14-21-8-10-23-11-9-21/h4-6,12H,3,7-11,13-14,19H2,1-2H3,(H,20,22). The van der Waals surface area contributed by atoms with Gasteiger partial charge in [-0.25, -0.2) is 0 Å². The molecular weight excluding hydrogens is 290 g/mol. The Labute approximate surface area is 139 Å². The number of rotatable bonds is 7. The van der Waals surface area contributed by atoms with Crippen LogP contribution in [-0.2, 0) is 22.6 Å². The predicted molar refractivity (Wildman–Crippen MR) is 91.9 cm³/mol. The molecule has 0 bridgehead atoms. The van der Waals surface area contributed by atoms with Crippen molar-refractivity contribution in [3.63, 3.8) is 0 Å². The summed E-state index contributed by atoms with van der Waals surface area (Å²) in [6.45, 7) is 8.84. The van der Waals surface area contributed by atoms with Gasteiger partial charge in [-0.2, -0.15) is 0 Å². The third-order valence-corrected chi connectivity index (χ3v) is 4.24. The van der Waals surface area contributed by atoms with Gasteiger partial charge in [0.1, 0.15) is 0 Å². The van der Waals surface area contributed by atoms with E-state index in [-0.39, 0.29) is 5.91 Å². The van der Waals surface area contributed by atoms with Crippen molar-refractivity contribution in [3.05, 3.63) is 35.4 Å². The van der Waals surface area contributed by atoms with Crippen LogP contribution in [0, 0.1) is 0 Å². The summed E-state index contributed by atoms with van der Waals surface area (Å²) in [5.74, 6) is -0.0852. The van der Waals surface area contributed by atoms with Gasteiger partial charge in [0.15, 0.2) is 0 Å². The van der Waals surface area contributed by atoms with E-state index in [2.05, 4.69) is 22.3 Å².